The number of amides is 1. The normalized spacial score (nSPS) is 17.5. The predicted molar refractivity (Wildman–Crippen MR) is 103 cm³/mol. The molecule has 0 saturated carbocycles. The molecule has 2 N–H and O–H groups in total. The lowest BCUT2D eigenvalue weighted by molar-refractivity contribution is -0.384. The number of hydrogen-bond donors (Lipinski definition) is 2. The van der Waals surface area contributed by atoms with Crippen LogP contribution in [0.15, 0.2) is 54.6 Å². The topological polar surface area (TPSA) is 137 Å². The Morgan fingerprint density at radius 2 is 1.63 bits per heavy atom. The number of esters is 1. The average molecular weight is 413 g/mol. The molecule has 0 spiro atoms. The number of carbonyl (C=O) groups excluding carboxylic acids is 3. The van der Waals surface area contributed by atoms with Gasteiger partial charge in [-0.15, -0.1) is 0 Å². The number of nitrogens with one attached hydrogen (secondary N) is 2. The summed E-state index contributed by atoms with van der Waals surface area (Å²) in [5.41, 5.74) is 1.34. The fourth-order valence-corrected chi connectivity index (χ4v) is 2.73. The number of ether oxygens (including phenoxy) is 2. The van der Waals surface area contributed by atoms with Gasteiger partial charge in [-0.05, 0) is 23.3 Å². The molecule has 30 heavy (non-hydrogen) atoms. The molecule has 1 saturated heterocycles. The van der Waals surface area contributed by atoms with E-state index in [4.69, 9.17) is 9.47 Å². The highest BCUT2D eigenvalue weighted by molar-refractivity contribution is 5.98. The number of nitrogens with zero attached hydrogens (tertiary/aromatic N) is 1. The van der Waals surface area contributed by atoms with E-state index < -0.39 is 29.2 Å². The zero-order valence-electron chi connectivity index (χ0n) is 15.8. The molecule has 2 unspecified atom stereocenters. The van der Waals surface area contributed by atoms with Gasteiger partial charge in [0.1, 0.15) is 19.4 Å². The van der Waals surface area contributed by atoms with Crippen LogP contribution in [0.4, 0.5) is 10.5 Å². The number of nitro benzene ring substituents is 1. The number of benzene rings is 2. The Hall–Kier alpha value is -3.79. The largest absolute Gasteiger partial charge is 0.461 e. The Labute approximate surface area is 171 Å². The van der Waals surface area contributed by atoms with Gasteiger partial charge in [-0.1, -0.05) is 30.3 Å². The molecule has 0 aromatic heterocycles. The van der Waals surface area contributed by atoms with Crippen LogP contribution in [-0.2, 0) is 32.3 Å². The number of non-ortho nitro benzene ring substituents is 1. The second-order valence-electron chi connectivity index (χ2n) is 6.55. The molecule has 10 nitrogen and oxygen atoms in total. The number of carbonyl (C=O) groups is 3. The Morgan fingerprint density at radius 3 is 2.27 bits per heavy atom. The summed E-state index contributed by atoms with van der Waals surface area (Å²) in [6.07, 6.45) is -1.85. The molecule has 2 aromatic carbocycles. The molecule has 1 heterocycles. The predicted octanol–water partition coefficient (Wildman–Crippen LogP) is 1.82. The number of rotatable bonds is 8. The summed E-state index contributed by atoms with van der Waals surface area (Å²) in [4.78, 5) is 45.8. The summed E-state index contributed by atoms with van der Waals surface area (Å²) < 4.78 is 10.1. The first-order chi connectivity index (χ1) is 14.4. The second kappa shape index (κ2) is 9.61. The van der Waals surface area contributed by atoms with Gasteiger partial charge in [-0.2, -0.15) is 0 Å². The van der Waals surface area contributed by atoms with Gasteiger partial charge < -0.3 is 9.47 Å². The fraction of sp³-hybridized carbons (Fsp3) is 0.250. The molecular formula is C20H19N3O7. The number of nitro groups is 1. The van der Waals surface area contributed by atoms with Crippen molar-refractivity contribution in [2.75, 3.05) is 0 Å². The smallest absolute Gasteiger partial charge is 0.409 e. The molecule has 0 radical (unpaired) electrons. The van der Waals surface area contributed by atoms with Gasteiger partial charge in [-0.3, -0.25) is 30.3 Å². The van der Waals surface area contributed by atoms with Crippen molar-refractivity contribution in [3.63, 3.8) is 0 Å². The number of Topliss-reactive ketones (excluding diaryl/α,β-unsaturated/α-hetero) is 1. The third-order valence-corrected chi connectivity index (χ3v) is 4.39. The van der Waals surface area contributed by atoms with E-state index in [-0.39, 0.29) is 31.1 Å². The highest BCUT2D eigenvalue weighted by Crippen LogP contribution is 2.14. The first-order valence-electron chi connectivity index (χ1n) is 9.08. The molecule has 1 aliphatic rings. The van der Waals surface area contributed by atoms with Gasteiger partial charge in [0.25, 0.3) is 5.69 Å². The van der Waals surface area contributed by atoms with Gasteiger partial charge in [0.05, 0.1) is 17.4 Å². The zero-order chi connectivity index (χ0) is 21.5. The van der Waals surface area contributed by atoms with Crippen LogP contribution < -0.4 is 10.6 Å². The minimum Gasteiger partial charge on any atom is -0.461 e. The lowest BCUT2D eigenvalue weighted by atomic mass is 9.98. The van der Waals surface area contributed by atoms with Crippen molar-refractivity contribution < 1.29 is 28.8 Å². The first-order valence-corrected chi connectivity index (χ1v) is 9.08. The molecular weight excluding hydrogens is 394 g/mol. The van der Waals surface area contributed by atoms with Crippen LogP contribution in [0.3, 0.4) is 0 Å². The summed E-state index contributed by atoms with van der Waals surface area (Å²) >= 11 is 0. The highest BCUT2D eigenvalue weighted by atomic mass is 16.6. The number of alkyl carbamates (subject to hydrolysis) is 1. The Bertz CT molecular complexity index is 931. The second-order valence-corrected chi connectivity index (χ2v) is 6.55. The van der Waals surface area contributed by atoms with Gasteiger partial charge in [0, 0.05) is 12.1 Å². The molecule has 2 aromatic rings. The Morgan fingerprint density at radius 1 is 1.00 bits per heavy atom. The zero-order valence-corrected chi connectivity index (χ0v) is 15.8. The maximum atomic E-state index is 12.1. The summed E-state index contributed by atoms with van der Waals surface area (Å²) in [6.45, 7) is 0.0111. The molecule has 1 amide bonds. The van der Waals surface area contributed by atoms with Crippen molar-refractivity contribution >= 4 is 23.5 Å². The van der Waals surface area contributed by atoms with E-state index in [1.54, 1.807) is 12.1 Å². The van der Waals surface area contributed by atoms with Gasteiger partial charge in [0.2, 0.25) is 0 Å². The molecule has 2 atom stereocenters. The molecule has 0 aliphatic carbocycles. The van der Waals surface area contributed by atoms with Crippen LogP contribution in [0.25, 0.3) is 0 Å². The summed E-state index contributed by atoms with van der Waals surface area (Å²) in [5, 5.41) is 15.8. The number of hydrogen-bond acceptors (Lipinski definition) is 8. The molecule has 1 aliphatic heterocycles. The highest BCUT2D eigenvalue weighted by Gasteiger charge is 2.41. The van der Waals surface area contributed by atoms with Crippen molar-refractivity contribution in [2.45, 2.75) is 31.8 Å². The van der Waals surface area contributed by atoms with Crippen LogP contribution in [-0.4, -0.2) is 35.0 Å². The van der Waals surface area contributed by atoms with E-state index in [1.165, 1.54) is 24.3 Å². The summed E-state index contributed by atoms with van der Waals surface area (Å²) in [7, 11) is 0. The minimum absolute atomic E-state index is 0.0600. The standard InChI is InChI=1S/C20H19N3O7/c24-17(29-11-14-6-8-15(9-7-14)23(27)28)10-16-18(25)19(21-16)22-20(26)30-12-13-4-2-1-3-5-13/h1-9,16,19,21H,10-12H2,(H,22,26). The molecule has 1 fully saturated rings. The monoisotopic (exact) mass is 413 g/mol. The summed E-state index contributed by atoms with van der Waals surface area (Å²) in [6, 6.07) is 13.9. The van der Waals surface area contributed by atoms with Gasteiger partial charge >= 0.3 is 12.1 Å². The maximum absolute atomic E-state index is 12.1. The van der Waals surface area contributed by atoms with E-state index >= 15 is 0 Å². The van der Waals surface area contributed by atoms with E-state index in [9.17, 15) is 24.5 Å². The van der Waals surface area contributed by atoms with Crippen LogP contribution in [0.5, 0.6) is 0 Å². The lowest BCUT2D eigenvalue weighted by Crippen LogP contribution is -2.69. The average Bonchev–Trinajstić information content (AvgIpc) is 2.76. The van der Waals surface area contributed by atoms with Crippen LogP contribution in [0, 0.1) is 10.1 Å². The molecule has 10 heteroatoms. The Kier molecular flexibility index (Phi) is 6.71. The van der Waals surface area contributed by atoms with E-state index in [2.05, 4.69) is 10.6 Å². The third kappa shape index (κ3) is 5.61. The van der Waals surface area contributed by atoms with Crippen molar-refractivity contribution in [1.82, 2.24) is 10.6 Å². The van der Waals surface area contributed by atoms with Crippen LogP contribution in [0.2, 0.25) is 0 Å². The minimum atomic E-state index is -0.916. The maximum Gasteiger partial charge on any atom is 0.409 e. The quantitative estimate of drug-likeness (QED) is 0.380. The molecule has 0 bridgehead atoms. The van der Waals surface area contributed by atoms with Crippen molar-refractivity contribution in [1.29, 1.82) is 0 Å². The van der Waals surface area contributed by atoms with E-state index in [0.717, 1.165) is 5.56 Å². The van der Waals surface area contributed by atoms with Crippen molar-refractivity contribution in [3.05, 3.63) is 75.8 Å². The third-order valence-electron chi connectivity index (χ3n) is 4.39. The van der Waals surface area contributed by atoms with Crippen LogP contribution in [0.1, 0.15) is 17.5 Å². The molecule has 3 rings (SSSR count). The van der Waals surface area contributed by atoms with E-state index in [1.807, 2.05) is 18.2 Å². The SMILES string of the molecule is O=C(CC1NC(NC(=O)OCc2ccccc2)C1=O)OCc1ccc([N+](=O)[O-])cc1. The lowest BCUT2D eigenvalue weighted by Gasteiger charge is -2.34. The number of ketones is 1. The first kappa shape index (κ1) is 20.9. The van der Waals surface area contributed by atoms with Gasteiger partial charge in [-0.25, -0.2) is 4.79 Å². The van der Waals surface area contributed by atoms with Crippen molar-refractivity contribution in [3.8, 4) is 0 Å². The Balaban J connectivity index is 1.35. The molecule has 156 valence electrons. The summed E-state index contributed by atoms with van der Waals surface area (Å²) in [5.74, 6) is -0.955. The van der Waals surface area contributed by atoms with E-state index in [0.29, 0.717) is 5.56 Å². The fourth-order valence-electron chi connectivity index (χ4n) is 2.73. The van der Waals surface area contributed by atoms with Gasteiger partial charge in [0.15, 0.2) is 5.78 Å². The van der Waals surface area contributed by atoms with Crippen molar-refractivity contribution in [2.24, 2.45) is 0 Å². The van der Waals surface area contributed by atoms with Crippen LogP contribution >= 0.6 is 0 Å².